The van der Waals surface area contributed by atoms with Gasteiger partial charge in [0.2, 0.25) is 5.97 Å². The van der Waals surface area contributed by atoms with Gasteiger partial charge in [0.1, 0.15) is 6.33 Å². The molecule has 15 heavy (non-hydrogen) atoms. The standard InChI is InChI=1S/C10H15ClF2N2/c1-4-15-10(2,3)7-8(11)9(13)14-6-5-12/h5-7,15H,4H2,1-3H3/b6-5+,8-7+,14-9+. The second kappa shape index (κ2) is 6.69. The van der Waals surface area contributed by atoms with E-state index in [2.05, 4.69) is 10.3 Å². The van der Waals surface area contributed by atoms with Gasteiger partial charge in [0.25, 0.3) is 0 Å². The van der Waals surface area contributed by atoms with Crippen LogP contribution >= 0.6 is 11.6 Å². The Morgan fingerprint density at radius 2 is 2.13 bits per heavy atom. The molecule has 0 saturated heterocycles. The normalized spacial score (nSPS) is 15.1. The van der Waals surface area contributed by atoms with E-state index in [9.17, 15) is 8.78 Å². The fourth-order valence-corrected chi connectivity index (χ4v) is 1.36. The van der Waals surface area contributed by atoms with Crippen molar-refractivity contribution >= 4 is 17.6 Å². The van der Waals surface area contributed by atoms with Crippen LogP contribution in [0.15, 0.2) is 28.6 Å². The second-order valence-corrected chi connectivity index (χ2v) is 3.85. The number of aliphatic imine (C=N–C) groups is 1. The van der Waals surface area contributed by atoms with Gasteiger partial charge in [-0.15, -0.1) is 0 Å². The first-order valence-corrected chi connectivity index (χ1v) is 4.93. The van der Waals surface area contributed by atoms with Crippen LogP contribution in [0.25, 0.3) is 0 Å². The predicted molar refractivity (Wildman–Crippen MR) is 60.5 cm³/mol. The zero-order chi connectivity index (χ0) is 11.9. The Morgan fingerprint density at radius 3 is 2.60 bits per heavy atom. The molecule has 86 valence electrons. The second-order valence-electron chi connectivity index (χ2n) is 3.44. The quantitative estimate of drug-likeness (QED) is 0.728. The van der Waals surface area contributed by atoms with Gasteiger partial charge in [0.15, 0.2) is 0 Å². The van der Waals surface area contributed by atoms with Crippen LogP contribution in [-0.2, 0) is 0 Å². The maximum atomic E-state index is 13.1. The van der Waals surface area contributed by atoms with Gasteiger partial charge in [-0.05, 0) is 26.5 Å². The van der Waals surface area contributed by atoms with Gasteiger partial charge in [-0.2, -0.15) is 4.39 Å². The van der Waals surface area contributed by atoms with Gasteiger partial charge in [0.05, 0.1) is 11.2 Å². The van der Waals surface area contributed by atoms with Crippen LogP contribution < -0.4 is 5.32 Å². The van der Waals surface area contributed by atoms with Crippen LogP contribution in [0.3, 0.4) is 0 Å². The number of allylic oxidation sites excluding steroid dienone is 1. The Morgan fingerprint density at radius 1 is 1.53 bits per heavy atom. The molecule has 1 N–H and O–H groups in total. The minimum absolute atomic E-state index is 0.138. The summed E-state index contributed by atoms with van der Waals surface area (Å²) < 4.78 is 24.6. The molecule has 0 spiro atoms. The molecule has 0 aromatic heterocycles. The van der Waals surface area contributed by atoms with Crippen molar-refractivity contribution in [1.29, 1.82) is 0 Å². The van der Waals surface area contributed by atoms with Crippen molar-refractivity contribution in [2.24, 2.45) is 4.99 Å². The number of halogens is 3. The third-order valence-electron chi connectivity index (χ3n) is 1.56. The summed E-state index contributed by atoms with van der Waals surface area (Å²) in [6.45, 7) is 6.35. The van der Waals surface area contributed by atoms with E-state index in [1.165, 1.54) is 6.08 Å². The average molecular weight is 237 g/mol. The average Bonchev–Trinajstić information content (AvgIpc) is 2.13. The summed E-state index contributed by atoms with van der Waals surface area (Å²) in [6.07, 6.45) is 2.33. The van der Waals surface area contributed by atoms with Crippen molar-refractivity contribution in [2.45, 2.75) is 26.3 Å². The maximum absolute atomic E-state index is 13.1. The smallest absolute Gasteiger partial charge is 0.231 e. The number of nitrogens with one attached hydrogen (secondary N) is 1. The highest BCUT2D eigenvalue weighted by Crippen LogP contribution is 2.14. The molecule has 0 aliphatic heterocycles. The molecule has 2 nitrogen and oxygen atoms in total. The van der Waals surface area contributed by atoms with Crippen LogP contribution in [0.1, 0.15) is 20.8 Å². The molecule has 0 amide bonds. The molecule has 0 fully saturated rings. The number of rotatable bonds is 5. The Kier molecular flexibility index (Phi) is 6.36. The molecule has 0 aromatic carbocycles. The van der Waals surface area contributed by atoms with Crippen molar-refractivity contribution in [3.63, 3.8) is 0 Å². The molecule has 0 rings (SSSR count). The molecule has 0 saturated carbocycles. The summed E-state index contributed by atoms with van der Waals surface area (Å²) in [7, 11) is 0. The van der Waals surface area contributed by atoms with Crippen LogP contribution in [0.4, 0.5) is 8.78 Å². The monoisotopic (exact) mass is 236 g/mol. The number of hydrogen-bond acceptors (Lipinski definition) is 2. The molecule has 0 aliphatic carbocycles. The topological polar surface area (TPSA) is 24.4 Å². The summed E-state index contributed by atoms with van der Waals surface area (Å²) in [5.74, 6) is -0.906. The van der Waals surface area contributed by atoms with Crippen molar-refractivity contribution in [2.75, 3.05) is 6.54 Å². The van der Waals surface area contributed by atoms with E-state index in [1.807, 2.05) is 20.8 Å². The van der Waals surface area contributed by atoms with E-state index in [4.69, 9.17) is 11.6 Å². The lowest BCUT2D eigenvalue weighted by Gasteiger charge is -2.21. The zero-order valence-corrected chi connectivity index (χ0v) is 9.78. The molecule has 0 atom stereocenters. The van der Waals surface area contributed by atoms with Crippen LogP contribution in [0, 0.1) is 0 Å². The van der Waals surface area contributed by atoms with Gasteiger partial charge < -0.3 is 5.32 Å². The highest BCUT2D eigenvalue weighted by atomic mass is 35.5. The Labute approximate surface area is 93.7 Å². The summed E-state index contributed by atoms with van der Waals surface area (Å²) in [6, 6.07) is 0. The summed E-state index contributed by atoms with van der Waals surface area (Å²) >= 11 is 5.65. The van der Waals surface area contributed by atoms with Crippen molar-refractivity contribution < 1.29 is 8.78 Å². The summed E-state index contributed by atoms with van der Waals surface area (Å²) in [5, 5.41) is 2.95. The summed E-state index contributed by atoms with van der Waals surface area (Å²) in [5.41, 5.74) is -0.432. The Balaban J connectivity index is 4.68. The molecule has 5 heteroatoms. The molecular formula is C10H15ClF2N2. The first-order valence-electron chi connectivity index (χ1n) is 4.55. The summed E-state index contributed by atoms with van der Waals surface area (Å²) in [4.78, 5) is 3.15. The third-order valence-corrected chi connectivity index (χ3v) is 1.83. The van der Waals surface area contributed by atoms with Gasteiger partial charge in [0, 0.05) is 5.54 Å². The highest BCUT2D eigenvalue weighted by Gasteiger charge is 2.15. The van der Waals surface area contributed by atoms with E-state index in [1.54, 1.807) is 0 Å². The molecular weight excluding hydrogens is 222 g/mol. The van der Waals surface area contributed by atoms with E-state index < -0.39 is 11.5 Å². The first-order chi connectivity index (χ1) is 6.93. The van der Waals surface area contributed by atoms with E-state index in [-0.39, 0.29) is 11.4 Å². The molecule has 0 aliphatic rings. The molecule has 0 heterocycles. The minimum atomic E-state index is -0.906. The van der Waals surface area contributed by atoms with E-state index in [0.29, 0.717) is 6.20 Å². The fourth-order valence-electron chi connectivity index (χ4n) is 1.04. The lowest BCUT2D eigenvalue weighted by molar-refractivity contribution is 0.490. The molecule has 0 aromatic rings. The van der Waals surface area contributed by atoms with Crippen LogP contribution in [0.2, 0.25) is 0 Å². The van der Waals surface area contributed by atoms with E-state index >= 15 is 0 Å². The molecule has 0 bridgehead atoms. The largest absolute Gasteiger partial charge is 0.309 e. The highest BCUT2D eigenvalue weighted by molar-refractivity contribution is 6.42. The molecule has 0 unspecified atom stereocenters. The minimum Gasteiger partial charge on any atom is -0.309 e. The third kappa shape index (κ3) is 6.36. The van der Waals surface area contributed by atoms with E-state index in [0.717, 1.165) is 6.54 Å². The molecule has 0 radical (unpaired) electrons. The fraction of sp³-hybridized carbons (Fsp3) is 0.500. The number of likely N-dealkylation sites (N-methyl/N-ethyl adjacent to an activating group) is 1. The van der Waals surface area contributed by atoms with Crippen LogP contribution in [0.5, 0.6) is 0 Å². The Bertz CT molecular complexity index is 283. The maximum Gasteiger partial charge on any atom is 0.231 e. The Hall–Kier alpha value is -0.740. The first kappa shape index (κ1) is 14.3. The van der Waals surface area contributed by atoms with Gasteiger partial charge in [-0.3, -0.25) is 0 Å². The predicted octanol–water partition coefficient (Wildman–Crippen LogP) is 3.31. The SMILES string of the molecule is CCNC(C)(C)\C=C(Cl)/C(F)=N\C=C\F. The van der Waals surface area contributed by atoms with Gasteiger partial charge in [-0.25, -0.2) is 9.38 Å². The number of nitrogens with zero attached hydrogens (tertiary/aromatic N) is 1. The van der Waals surface area contributed by atoms with Crippen molar-refractivity contribution in [1.82, 2.24) is 5.32 Å². The van der Waals surface area contributed by atoms with Crippen molar-refractivity contribution in [3.05, 3.63) is 23.6 Å². The zero-order valence-electron chi connectivity index (χ0n) is 9.02. The van der Waals surface area contributed by atoms with Gasteiger partial charge in [-0.1, -0.05) is 18.5 Å². The van der Waals surface area contributed by atoms with Crippen molar-refractivity contribution in [3.8, 4) is 0 Å². The van der Waals surface area contributed by atoms with Crippen LogP contribution in [-0.4, -0.2) is 18.0 Å². The lowest BCUT2D eigenvalue weighted by atomic mass is 10.1. The number of hydrogen-bond donors (Lipinski definition) is 1. The lowest BCUT2D eigenvalue weighted by Crippen LogP contribution is -2.37. The van der Waals surface area contributed by atoms with Gasteiger partial charge >= 0.3 is 0 Å².